The number of aromatic nitrogens is 1. The summed E-state index contributed by atoms with van der Waals surface area (Å²) in [5.41, 5.74) is 1.35. The van der Waals surface area contributed by atoms with E-state index in [1.165, 1.54) is 18.3 Å². The molecule has 1 aliphatic carbocycles. The van der Waals surface area contributed by atoms with Crippen molar-refractivity contribution in [3.63, 3.8) is 0 Å². The number of amides is 1. The number of nitrogens with zero attached hydrogens (tertiary/aromatic N) is 2. The Labute approximate surface area is 166 Å². The third-order valence-electron chi connectivity index (χ3n) is 5.25. The molecule has 1 aromatic heterocycles. The Morgan fingerprint density at radius 2 is 1.83 bits per heavy atom. The van der Waals surface area contributed by atoms with Crippen molar-refractivity contribution >= 4 is 5.91 Å². The number of hydrogen-bond donors (Lipinski definition) is 0. The molecule has 8 heteroatoms. The minimum absolute atomic E-state index is 0.0988. The normalized spacial score (nSPS) is 17.0. The van der Waals surface area contributed by atoms with Crippen molar-refractivity contribution < 1.29 is 27.4 Å². The van der Waals surface area contributed by atoms with Crippen LogP contribution in [-0.4, -0.2) is 42.1 Å². The molecule has 0 spiro atoms. The first-order valence-electron chi connectivity index (χ1n) is 9.66. The number of morpholine rings is 1. The predicted octanol–water partition coefficient (Wildman–Crippen LogP) is 4.24. The summed E-state index contributed by atoms with van der Waals surface area (Å²) in [5, 5.41) is 0. The Bertz CT molecular complexity index is 909. The van der Waals surface area contributed by atoms with Gasteiger partial charge in [0.05, 0.1) is 25.0 Å². The third-order valence-corrected chi connectivity index (χ3v) is 5.25. The molecule has 2 aliphatic rings. The van der Waals surface area contributed by atoms with Crippen LogP contribution in [0.25, 0.3) is 0 Å². The molecular formula is C21H21F3N2O3. The van der Waals surface area contributed by atoms with Crippen LogP contribution < -0.4 is 4.74 Å². The van der Waals surface area contributed by atoms with E-state index in [9.17, 15) is 18.0 Å². The smallest absolute Gasteiger partial charge is 0.416 e. The molecule has 0 radical (unpaired) electrons. The molecule has 0 unspecified atom stereocenters. The van der Waals surface area contributed by atoms with Crippen LogP contribution in [0.1, 0.15) is 40.0 Å². The summed E-state index contributed by atoms with van der Waals surface area (Å²) in [6.45, 7) is 2.06. The number of carbonyl (C=O) groups is 1. The predicted molar refractivity (Wildman–Crippen MR) is 99.1 cm³/mol. The van der Waals surface area contributed by atoms with Crippen molar-refractivity contribution in [2.45, 2.75) is 31.9 Å². The van der Waals surface area contributed by atoms with Crippen LogP contribution in [0.3, 0.4) is 0 Å². The topological polar surface area (TPSA) is 51.7 Å². The standard InChI is InChI=1S/C21H21F3N2O3/c22-21(23,24)14-4-3-5-15(12-14)29-18-13-25-19(17-7-2-1-6-16(17)18)20(27)26-8-10-28-11-9-26/h3-5,12-13H,1-2,6-11H2. The van der Waals surface area contributed by atoms with Gasteiger partial charge in [0.15, 0.2) is 0 Å². The summed E-state index contributed by atoms with van der Waals surface area (Å²) in [6, 6.07) is 4.78. The molecule has 2 aromatic rings. The number of fused-ring (bicyclic) bond motifs is 1. The van der Waals surface area contributed by atoms with Crippen LogP contribution in [0.5, 0.6) is 11.5 Å². The highest BCUT2D eigenvalue weighted by atomic mass is 19.4. The van der Waals surface area contributed by atoms with Crippen LogP contribution in [0.2, 0.25) is 0 Å². The van der Waals surface area contributed by atoms with Crippen molar-refractivity contribution in [2.24, 2.45) is 0 Å². The summed E-state index contributed by atoms with van der Waals surface area (Å²) in [5.74, 6) is 0.385. The summed E-state index contributed by atoms with van der Waals surface area (Å²) in [6.07, 6.45) is 0.291. The third kappa shape index (κ3) is 4.22. The SMILES string of the molecule is O=C(c1ncc(Oc2cccc(C(F)(F)F)c2)c2c1CCCC2)N1CCOCC1. The summed E-state index contributed by atoms with van der Waals surface area (Å²) in [4.78, 5) is 19.0. The first kappa shape index (κ1) is 19.7. The Balaban J connectivity index is 1.65. The number of benzene rings is 1. The van der Waals surface area contributed by atoms with Gasteiger partial charge in [-0.25, -0.2) is 4.98 Å². The van der Waals surface area contributed by atoms with Gasteiger partial charge in [-0.3, -0.25) is 4.79 Å². The second-order valence-electron chi connectivity index (χ2n) is 7.17. The average Bonchev–Trinajstić information content (AvgIpc) is 2.74. The Morgan fingerprint density at radius 1 is 1.10 bits per heavy atom. The zero-order valence-electron chi connectivity index (χ0n) is 15.8. The van der Waals surface area contributed by atoms with Gasteiger partial charge in [-0.1, -0.05) is 6.07 Å². The lowest BCUT2D eigenvalue weighted by molar-refractivity contribution is -0.137. The molecule has 154 valence electrons. The molecule has 1 amide bonds. The number of hydrogen-bond acceptors (Lipinski definition) is 4. The van der Waals surface area contributed by atoms with Gasteiger partial charge in [0, 0.05) is 18.7 Å². The van der Waals surface area contributed by atoms with E-state index in [1.807, 2.05) is 0 Å². The van der Waals surface area contributed by atoms with E-state index < -0.39 is 11.7 Å². The van der Waals surface area contributed by atoms with Gasteiger partial charge in [-0.2, -0.15) is 13.2 Å². The summed E-state index contributed by atoms with van der Waals surface area (Å²) in [7, 11) is 0. The molecule has 0 saturated carbocycles. The minimum Gasteiger partial charge on any atom is -0.455 e. The van der Waals surface area contributed by atoms with Crippen molar-refractivity contribution in [1.29, 1.82) is 0 Å². The lowest BCUT2D eigenvalue weighted by atomic mass is 9.90. The number of pyridine rings is 1. The van der Waals surface area contributed by atoms with Gasteiger partial charge in [-0.15, -0.1) is 0 Å². The Hall–Kier alpha value is -2.61. The highest BCUT2D eigenvalue weighted by Crippen LogP contribution is 2.36. The van der Waals surface area contributed by atoms with Crippen LogP contribution in [-0.2, 0) is 23.8 Å². The molecular weight excluding hydrogens is 385 g/mol. The maximum Gasteiger partial charge on any atom is 0.416 e. The molecule has 2 heterocycles. The van der Waals surface area contributed by atoms with E-state index in [-0.39, 0.29) is 11.7 Å². The lowest BCUT2D eigenvalue weighted by Crippen LogP contribution is -2.41. The fraction of sp³-hybridized carbons (Fsp3) is 0.429. The van der Waals surface area contributed by atoms with Gasteiger partial charge in [0.2, 0.25) is 0 Å². The van der Waals surface area contributed by atoms with Crippen LogP contribution in [0.4, 0.5) is 13.2 Å². The Kier molecular flexibility index (Phi) is 5.45. The number of alkyl halides is 3. The number of ether oxygens (including phenoxy) is 2. The molecule has 1 fully saturated rings. The number of rotatable bonds is 3. The van der Waals surface area contributed by atoms with Crippen LogP contribution in [0, 0.1) is 0 Å². The molecule has 1 saturated heterocycles. The maximum absolute atomic E-state index is 13.0. The van der Waals surface area contributed by atoms with E-state index in [0.717, 1.165) is 36.1 Å². The van der Waals surface area contributed by atoms with Gasteiger partial charge < -0.3 is 14.4 Å². The molecule has 0 N–H and O–H groups in total. The highest BCUT2D eigenvalue weighted by Gasteiger charge is 2.31. The van der Waals surface area contributed by atoms with Gasteiger partial charge >= 0.3 is 6.18 Å². The van der Waals surface area contributed by atoms with E-state index in [1.54, 1.807) is 4.90 Å². The fourth-order valence-corrected chi connectivity index (χ4v) is 3.77. The first-order valence-corrected chi connectivity index (χ1v) is 9.66. The van der Waals surface area contributed by atoms with E-state index in [0.29, 0.717) is 50.6 Å². The largest absolute Gasteiger partial charge is 0.455 e. The molecule has 5 nitrogen and oxygen atoms in total. The quantitative estimate of drug-likeness (QED) is 0.765. The highest BCUT2D eigenvalue weighted by molar-refractivity contribution is 5.94. The van der Waals surface area contributed by atoms with E-state index in [4.69, 9.17) is 9.47 Å². The van der Waals surface area contributed by atoms with Crippen molar-refractivity contribution in [2.75, 3.05) is 26.3 Å². The Morgan fingerprint density at radius 3 is 2.55 bits per heavy atom. The zero-order valence-corrected chi connectivity index (χ0v) is 15.8. The maximum atomic E-state index is 13.0. The molecule has 0 atom stereocenters. The van der Waals surface area contributed by atoms with Crippen molar-refractivity contribution in [3.05, 3.63) is 52.8 Å². The minimum atomic E-state index is -4.44. The molecule has 1 aliphatic heterocycles. The lowest BCUT2D eigenvalue weighted by Gasteiger charge is -2.28. The number of carbonyl (C=O) groups excluding carboxylic acids is 1. The average molecular weight is 406 g/mol. The molecule has 29 heavy (non-hydrogen) atoms. The molecule has 1 aromatic carbocycles. The monoisotopic (exact) mass is 406 g/mol. The van der Waals surface area contributed by atoms with Gasteiger partial charge in [-0.05, 0) is 49.4 Å². The fourth-order valence-electron chi connectivity index (χ4n) is 3.77. The summed E-state index contributed by atoms with van der Waals surface area (Å²) >= 11 is 0. The number of halogens is 3. The first-order chi connectivity index (χ1) is 13.9. The van der Waals surface area contributed by atoms with E-state index >= 15 is 0 Å². The van der Waals surface area contributed by atoms with Crippen molar-refractivity contribution in [1.82, 2.24) is 9.88 Å². The van der Waals surface area contributed by atoms with Crippen molar-refractivity contribution in [3.8, 4) is 11.5 Å². The molecule has 4 rings (SSSR count). The van der Waals surface area contributed by atoms with Gasteiger partial charge in [0.25, 0.3) is 5.91 Å². The molecule has 0 bridgehead atoms. The van der Waals surface area contributed by atoms with Crippen LogP contribution >= 0.6 is 0 Å². The van der Waals surface area contributed by atoms with Crippen LogP contribution in [0.15, 0.2) is 30.5 Å². The summed E-state index contributed by atoms with van der Waals surface area (Å²) < 4.78 is 50.0. The zero-order chi connectivity index (χ0) is 20.4. The second-order valence-corrected chi connectivity index (χ2v) is 7.17. The van der Waals surface area contributed by atoms with E-state index in [2.05, 4.69) is 4.98 Å². The second kappa shape index (κ2) is 8.02. The van der Waals surface area contributed by atoms with Gasteiger partial charge in [0.1, 0.15) is 17.2 Å².